The molecule has 108 valence electrons. The van der Waals surface area contributed by atoms with Crippen LogP contribution < -0.4 is 0 Å². The summed E-state index contributed by atoms with van der Waals surface area (Å²) in [5.41, 5.74) is 1.15. The average Bonchev–Trinajstić information content (AvgIpc) is 2.37. The average molecular weight is 276 g/mol. The summed E-state index contributed by atoms with van der Waals surface area (Å²) in [5.74, 6) is -2.59. The van der Waals surface area contributed by atoms with Gasteiger partial charge in [0, 0.05) is 11.1 Å². The van der Waals surface area contributed by atoms with E-state index in [0.717, 1.165) is 12.0 Å². The smallest absolute Gasteiger partial charge is 0.332 e. The second-order valence-electron chi connectivity index (χ2n) is 5.00. The molecule has 0 heterocycles. The van der Waals surface area contributed by atoms with E-state index >= 15 is 0 Å². The minimum absolute atomic E-state index is 0.00515. The van der Waals surface area contributed by atoms with Crippen molar-refractivity contribution in [1.29, 1.82) is 0 Å². The van der Waals surface area contributed by atoms with Crippen molar-refractivity contribution in [3.05, 3.63) is 47.0 Å². The van der Waals surface area contributed by atoms with Crippen LogP contribution in [0.2, 0.25) is 0 Å². The van der Waals surface area contributed by atoms with Gasteiger partial charge in [-0.2, -0.15) is 0 Å². The maximum absolute atomic E-state index is 11.3. The first-order chi connectivity index (χ1) is 9.43. The first-order valence-corrected chi connectivity index (χ1v) is 6.67. The molecule has 0 unspecified atom stereocenters. The Morgan fingerprint density at radius 2 is 1.65 bits per heavy atom. The number of aliphatic carboxylic acids is 2. The maximum atomic E-state index is 11.3. The number of aryl methyl sites for hydroxylation is 1. The van der Waals surface area contributed by atoms with Crippen LogP contribution in [0.1, 0.15) is 32.3 Å². The topological polar surface area (TPSA) is 74.6 Å². The van der Waals surface area contributed by atoms with Gasteiger partial charge in [0.05, 0.1) is 0 Å². The number of rotatable bonds is 7. The largest absolute Gasteiger partial charge is 0.478 e. The zero-order chi connectivity index (χ0) is 15.1. The highest BCUT2D eigenvalue weighted by Gasteiger charge is 2.22. The lowest BCUT2D eigenvalue weighted by Crippen LogP contribution is -2.16. The van der Waals surface area contributed by atoms with E-state index in [4.69, 9.17) is 5.11 Å². The first-order valence-electron chi connectivity index (χ1n) is 6.67. The third-order valence-corrected chi connectivity index (χ3v) is 3.13. The van der Waals surface area contributed by atoms with Gasteiger partial charge in [0.2, 0.25) is 0 Å². The molecule has 1 aromatic carbocycles. The van der Waals surface area contributed by atoms with Crippen molar-refractivity contribution in [2.45, 2.75) is 33.1 Å². The van der Waals surface area contributed by atoms with Crippen molar-refractivity contribution < 1.29 is 19.8 Å². The highest BCUT2D eigenvalue weighted by molar-refractivity contribution is 5.99. The van der Waals surface area contributed by atoms with E-state index in [2.05, 4.69) is 0 Å². The van der Waals surface area contributed by atoms with Crippen LogP contribution in [-0.2, 0) is 16.0 Å². The number of benzene rings is 1. The summed E-state index contributed by atoms with van der Waals surface area (Å²) in [6, 6.07) is 9.74. The van der Waals surface area contributed by atoms with Crippen LogP contribution in [0, 0.1) is 5.92 Å². The van der Waals surface area contributed by atoms with Crippen LogP contribution in [0.5, 0.6) is 0 Å². The Morgan fingerprint density at radius 1 is 1.05 bits per heavy atom. The number of carboxylic acids is 2. The Kier molecular flexibility index (Phi) is 5.97. The van der Waals surface area contributed by atoms with Crippen LogP contribution >= 0.6 is 0 Å². The van der Waals surface area contributed by atoms with Crippen molar-refractivity contribution in [2.24, 2.45) is 5.92 Å². The fraction of sp³-hybridized carbons (Fsp3) is 0.375. The minimum atomic E-state index is -1.14. The molecule has 2 N–H and O–H groups in total. The molecule has 4 nitrogen and oxygen atoms in total. The van der Waals surface area contributed by atoms with Crippen molar-refractivity contribution in [2.75, 3.05) is 0 Å². The van der Waals surface area contributed by atoms with E-state index in [0.29, 0.717) is 6.42 Å². The van der Waals surface area contributed by atoms with Crippen molar-refractivity contribution >= 4 is 11.9 Å². The normalized spacial score (nSPS) is 12.2. The molecular formula is C16H20O4. The molecular weight excluding hydrogens is 256 g/mol. The zero-order valence-electron chi connectivity index (χ0n) is 11.8. The number of hydrogen-bond donors (Lipinski definition) is 2. The lowest BCUT2D eigenvalue weighted by molar-refractivity contribution is -0.136. The Hall–Kier alpha value is -2.10. The van der Waals surface area contributed by atoms with Crippen LogP contribution in [0.4, 0.5) is 0 Å². The van der Waals surface area contributed by atoms with Crippen molar-refractivity contribution in [1.82, 2.24) is 0 Å². The quantitative estimate of drug-likeness (QED) is 0.750. The Morgan fingerprint density at radius 3 is 2.10 bits per heavy atom. The summed E-state index contributed by atoms with van der Waals surface area (Å²) in [4.78, 5) is 22.5. The predicted molar refractivity (Wildman–Crippen MR) is 76.5 cm³/mol. The summed E-state index contributed by atoms with van der Waals surface area (Å²) in [7, 11) is 0. The second-order valence-corrected chi connectivity index (χ2v) is 5.00. The maximum Gasteiger partial charge on any atom is 0.332 e. The molecule has 0 amide bonds. The molecule has 0 aliphatic rings. The molecule has 1 rings (SSSR count). The van der Waals surface area contributed by atoms with Gasteiger partial charge < -0.3 is 10.2 Å². The van der Waals surface area contributed by atoms with Gasteiger partial charge in [-0.3, -0.25) is 0 Å². The van der Waals surface area contributed by atoms with Crippen LogP contribution in [0.3, 0.4) is 0 Å². The summed E-state index contributed by atoms with van der Waals surface area (Å²) in [6.07, 6.45) is 1.63. The first kappa shape index (κ1) is 16.0. The monoisotopic (exact) mass is 276 g/mol. The molecule has 0 aliphatic heterocycles. The molecule has 0 atom stereocenters. The van der Waals surface area contributed by atoms with Gasteiger partial charge in [-0.1, -0.05) is 44.2 Å². The standard InChI is InChI=1S/C16H20O4/c1-11(2)14(16(19)20)13(15(17)18)10-6-9-12-7-4-3-5-8-12/h3-5,7-8,11H,6,9-10H2,1-2H3,(H,17,18)(H,19,20). The van der Waals surface area contributed by atoms with E-state index < -0.39 is 11.9 Å². The summed E-state index contributed by atoms with van der Waals surface area (Å²) >= 11 is 0. The Labute approximate surface area is 118 Å². The molecule has 0 spiro atoms. The minimum Gasteiger partial charge on any atom is -0.478 e. The molecule has 0 saturated heterocycles. The van der Waals surface area contributed by atoms with Crippen LogP contribution in [0.25, 0.3) is 0 Å². The van der Waals surface area contributed by atoms with Gasteiger partial charge in [0.25, 0.3) is 0 Å². The Balaban J connectivity index is 2.80. The number of hydrogen-bond acceptors (Lipinski definition) is 2. The second kappa shape index (κ2) is 7.48. The number of carboxylic acid groups (broad SMARTS) is 2. The fourth-order valence-electron chi connectivity index (χ4n) is 2.20. The highest BCUT2D eigenvalue weighted by Crippen LogP contribution is 2.20. The van der Waals surface area contributed by atoms with Gasteiger partial charge in [-0.15, -0.1) is 0 Å². The third kappa shape index (κ3) is 4.53. The van der Waals surface area contributed by atoms with Gasteiger partial charge in [0.15, 0.2) is 0 Å². The van der Waals surface area contributed by atoms with Crippen molar-refractivity contribution in [3.63, 3.8) is 0 Å². The van der Waals surface area contributed by atoms with Gasteiger partial charge >= 0.3 is 11.9 Å². The van der Waals surface area contributed by atoms with E-state index in [1.54, 1.807) is 13.8 Å². The zero-order valence-corrected chi connectivity index (χ0v) is 11.8. The van der Waals surface area contributed by atoms with Crippen LogP contribution in [0.15, 0.2) is 41.5 Å². The molecule has 0 aromatic heterocycles. The molecule has 4 heteroatoms. The van der Waals surface area contributed by atoms with E-state index in [1.165, 1.54) is 0 Å². The number of carbonyl (C=O) groups is 2. The van der Waals surface area contributed by atoms with Gasteiger partial charge in [0.1, 0.15) is 0 Å². The van der Waals surface area contributed by atoms with Crippen molar-refractivity contribution in [3.8, 4) is 0 Å². The molecule has 1 aromatic rings. The van der Waals surface area contributed by atoms with Gasteiger partial charge in [-0.25, -0.2) is 9.59 Å². The molecule has 0 bridgehead atoms. The third-order valence-electron chi connectivity index (χ3n) is 3.13. The van der Waals surface area contributed by atoms with E-state index in [-0.39, 0.29) is 23.5 Å². The molecule has 0 aliphatic carbocycles. The molecule has 0 saturated carbocycles. The SMILES string of the molecule is CC(C)C(C(=O)O)=C(CCCc1ccccc1)C(=O)O. The molecule has 0 fully saturated rings. The van der Waals surface area contributed by atoms with Gasteiger partial charge in [-0.05, 0) is 30.7 Å². The van der Waals surface area contributed by atoms with E-state index in [1.807, 2.05) is 30.3 Å². The molecule has 20 heavy (non-hydrogen) atoms. The lowest BCUT2D eigenvalue weighted by atomic mass is 9.93. The summed E-state index contributed by atoms with van der Waals surface area (Å²) < 4.78 is 0. The van der Waals surface area contributed by atoms with Crippen LogP contribution in [-0.4, -0.2) is 22.2 Å². The summed E-state index contributed by atoms with van der Waals surface area (Å²) in [5, 5.41) is 18.4. The predicted octanol–water partition coefficient (Wildman–Crippen LogP) is 3.13. The highest BCUT2D eigenvalue weighted by atomic mass is 16.4. The summed E-state index contributed by atoms with van der Waals surface area (Å²) in [6.45, 7) is 3.40. The fourth-order valence-corrected chi connectivity index (χ4v) is 2.20. The lowest BCUT2D eigenvalue weighted by Gasteiger charge is -2.12. The Bertz CT molecular complexity index is 500. The van der Waals surface area contributed by atoms with E-state index in [9.17, 15) is 14.7 Å². The molecule has 0 radical (unpaired) electrons.